The Labute approximate surface area is 191 Å². The minimum atomic E-state index is -1.15. The van der Waals surface area contributed by atoms with Crippen LogP contribution in [0.25, 0.3) is 0 Å². The average molecular weight is 461 g/mol. The second kappa shape index (κ2) is 7.69. The van der Waals surface area contributed by atoms with Gasteiger partial charge >= 0.3 is 0 Å². The minimum Gasteiger partial charge on any atom is -0.292 e. The van der Waals surface area contributed by atoms with Gasteiger partial charge in [0, 0.05) is 36.0 Å². The summed E-state index contributed by atoms with van der Waals surface area (Å²) in [6.07, 6.45) is 4.73. The van der Waals surface area contributed by atoms with E-state index in [9.17, 15) is 34.6 Å². The molecule has 12 nitrogen and oxygen atoms in total. The van der Waals surface area contributed by atoms with Gasteiger partial charge in [-0.25, -0.2) is 4.90 Å². The van der Waals surface area contributed by atoms with Gasteiger partial charge in [0.2, 0.25) is 11.8 Å². The molecule has 0 aliphatic carbocycles. The van der Waals surface area contributed by atoms with E-state index in [1.54, 1.807) is 12.2 Å². The van der Waals surface area contributed by atoms with Crippen molar-refractivity contribution in [2.24, 2.45) is 16.9 Å². The molecule has 12 heteroatoms. The Bertz CT molecular complexity index is 1320. The van der Waals surface area contributed by atoms with E-state index in [-0.39, 0.29) is 22.6 Å². The third kappa shape index (κ3) is 3.07. The summed E-state index contributed by atoms with van der Waals surface area (Å²) in [5, 5.41) is 27.8. The number of hydrazone groups is 1. The fourth-order valence-corrected chi connectivity index (χ4v) is 4.76. The lowest BCUT2D eigenvalue weighted by molar-refractivity contribution is -0.385. The predicted molar refractivity (Wildman–Crippen MR) is 117 cm³/mol. The van der Waals surface area contributed by atoms with Crippen molar-refractivity contribution >= 4 is 40.9 Å². The number of carbonyl (C=O) groups is 3. The number of amides is 2. The Morgan fingerprint density at radius 1 is 0.912 bits per heavy atom. The van der Waals surface area contributed by atoms with E-state index in [1.807, 2.05) is 0 Å². The van der Waals surface area contributed by atoms with Gasteiger partial charge in [0.25, 0.3) is 11.4 Å². The first-order chi connectivity index (χ1) is 16.3. The van der Waals surface area contributed by atoms with Crippen molar-refractivity contribution in [2.45, 2.75) is 12.1 Å². The molecule has 3 aliphatic rings. The molecule has 0 saturated carbocycles. The first-order valence-electron chi connectivity index (χ1n) is 10.2. The summed E-state index contributed by atoms with van der Waals surface area (Å²) in [6.45, 7) is 0. The second-order valence-electron chi connectivity index (χ2n) is 7.97. The van der Waals surface area contributed by atoms with Crippen LogP contribution in [0.15, 0.2) is 65.8 Å². The standard InChI is InChI=1S/C22H15N5O7/c28-20(12-3-1-4-15(11-12)27(33)34)19-18-17(16-5-2-10-23-25(16)19)21(29)24(22(18)30)13-6-8-14(9-7-13)26(31)32/h1-11,16-19H/t16-,17-,18-,19+/m0/s1. The molecule has 0 N–H and O–H groups in total. The number of hydrogen-bond donors (Lipinski definition) is 0. The van der Waals surface area contributed by atoms with Crippen LogP contribution in [-0.4, -0.2) is 50.8 Å². The molecule has 2 amide bonds. The van der Waals surface area contributed by atoms with E-state index in [1.165, 1.54) is 53.7 Å². The number of non-ortho nitro benzene ring substituents is 2. The molecule has 2 aromatic carbocycles. The topological polar surface area (TPSA) is 156 Å². The third-order valence-electron chi connectivity index (χ3n) is 6.22. The van der Waals surface area contributed by atoms with Crippen molar-refractivity contribution in [3.63, 3.8) is 0 Å². The summed E-state index contributed by atoms with van der Waals surface area (Å²) in [5.41, 5.74) is -0.290. The Morgan fingerprint density at radius 3 is 2.26 bits per heavy atom. The second-order valence-corrected chi connectivity index (χ2v) is 7.97. The highest BCUT2D eigenvalue weighted by Gasteiger charge is 2.64. The zero-order valence-corrected chi connectivity index (χ0v) is 17.3. The van der Waals surface area contributed by atoms with Crippen molar-refractivity contribution < 1.29 is 24.2 Å². The van der Waals surface area contributed by atoms with Crippen LogP contribution in [0.4, 0.5) is 17.1 Å². The zero-order chi connectivity index (χ0) is 24.1. The number of benzene rings is 2. The molecule has 4 atom stereocenters. The number of carbonyl (C=O) groups excluding carboxylic acids is 3. The van der Waals surface area contributed by atoms with Gasteiger partial charge in [-0.2, -0.15) is 5.10 Å². The lowest BCUT2D eigenvalue weighted by Gasteiger charge is -2.30. The summed E-state index contributed by atoms with van der Waals surface area (Å²) < 4.78 is 0. The molecule has 2 saturated heterocycles. The van der Waals surface area contributed by atoms with Crippen molar-refractivity contribution in [1.29, 1.82) is 0 Å². The van der Waals surface area contributed by atoms with Crippen molar-refractivity contribution in [3.8, 4) is 0 Å². The molecule has 5 rings (SSSR count). The van der Waals surface area contributed by atoms with E-state index in [4.69, 9.17) is 0 Å². The largest absolute Gasteiger partial charge is 0.292 e. The third-order valence-corrected chi connectivity index (χ3v) is 6.22. The number of imide groups is 1. The normalized spacial score (nSPS) is 24.8. The van der Waals surface area contributed by atoms with Crippen LogP contribution in [0.1, 0.15) is 10.4 Å². The maximum Gasteiger partial charge on any atom is 0.270 e. The fourth-order valence-electron chi connectivity index (χ4n) is 4.76. The minimum absolute atomic E-state index is 0.0254. The van der Waals surface area contributed by atoms with Crippen LogP contribution >= 0.6 is 0 Å². The molecule has 170 valence electrons. The summed E-state index contributed by atoms with van der Waals surface area (Å²) >= 11 is 0. The molecular weight excluding hydrogens is 446 g/mol. The van der Waals surface area contributed by atoms with Gasteiger partial charge in [0.05, 0.1) is 33.4 Å². The van der Waals surface area contributed by atoms with Crippen LogP contribution in [0.2, 0.25) is 0 Å². The molecule has 2 aromatic rings. The van der Waals surface area contributed by atoms with Gasteiger partial charge in [-0.15, -0.1) is 0 Å². The number of hydrogen-bond acceptors (Lipinski definition) is 9. The van der Waals surface area contributed by atoms with Gasteiger partial charge in [0.1, 0.15) is 6.04 Å². The number of nitro groups is 2. The average Bonchev–Trinajstić information content (AvgIpc) is 3.31. The van der Waals surface area contributed by atoms with Crippen LogP contribution in [0, 0.1) is 32.1 Å². The maximum absolute atomic E-state index is 13.5. The zero-order valence-electron chi connectivity index (χ0n) is 17.3. The molecular formula is C22H15N5O7. The number of nitro benzene ring substituents is 2. The number of allylic oxidation sites excluding steroid dienone is 1. The fraction of sp³-hybridized carbons (Fsp3) is 0.182. The molecule has 0 spiro atoms. The summed E-state index contributed by atoms with van der Waals surface area (Å²) in [6, 6.07) is 8.33. The lowest BCUT2D eigenvalue weighted by atomic mass is 9.86. The number of Topliss-reactive ketones (excluding diaryl/α,β-unsaturated/α-hetero) is 1. The molecule has 3 heterocycles. The van der Waals surface area contributed by atoms with Gasteiger partial charge in [0.15, 0.2) is 5.78 Å². The maximum atomic E-state index is 13.5. The van der Waals surface area contributed by atoms with Gasteiger partial charge in [-0.1, -0.05) is 18.2 Å². The molecule has 34 heavy (non-hydrogen) atoms. The number of nitrogens with zero attached hydrogens (tertiary/aromatic N) is 5. The van der Waals surface area contributed by atoms with E-state index in [2.05, 4.69) is 5.10 Å². The monoisotopic (exact) mass is 461 g/mol. The molecule has 3 aliphatic heterocycles. The first-order valence-corrected chi connectivity index (χ1v) is 10.2. The van der Waals surface area contributed by atoms with E-state index >= 15 is 0 Å². The lowest BCUT2D eigenvalue weighted by Crippen LogP contribution is -2.46. The SMILES string of the molecule is O=C(c1cccc([N+](=O)[O-])c1)[C@H]1[C@H]2C(=O)N(c3ccc([N+](=O)[O-])cc3)C(=O)[C@H]2[C@@H]2C=CC=NN21. The van der Waals surface area contributed by atoms with Crippen LogP contribution in [-0.2, 0) is 9.59 Å². The molecule has 0 aromatic heterocycles. The number of rotatable bonds is 5. The van der Waals surface area contributed by atoms with Crippen LogP contribution in [0.5, 0.6) is 0 Å². The molecule has 0 unspecified atom stereocenters. The van der Waals surface area contributed by atoms with Crippen molar-refractivity contribution in [1.82, 2.24) is 5.01 Å². The number of ketones is 1. The quantitative estimate of drug-likeness (QED) is 0.284. The Kier molecular flexibility index (Phi) is 4.78. The van der Waals surface area contributed by atoms with Gasteiger partial charge in [-0.05, 0) is 18.2 Å². The molecule has 2 fully saturated rings. The highest BCUT2D eigenvalue weighted by Crippen LogP contribution is 2.46. The predicted octanol–water partition coefficient (Wildman–Crippen LogP) is 2.10. The number of anilines is 1. The van der Waals surface area contributed by atoms with Crippen LogP contribution < -0.4 is 4.90 Å². The Balaban J connectivity index is 1.55. The van der Waals surface area contributed by atoms with Gasteiger partial charge in [-0.3, -0.25) is 39.6 Å². The molecule has 0 radical (unpaired) electrons. The van der Waals surface area contributed by atoms with Crippen molar-refractivity contribution in [2.75, 3.05) is 4.90 Å². The van der Waals surface area contributed by atoms with Gasteiger partial charge < -0.3 is 0 Å². The Hall–Kier alpha value is -4.74. The van der Waals surface area contributed by atoms with E-state index < -0.39 is 51.4 Å². The molecule has 0 bridgehead atoms. The summed E-state index contributed by atoms with van der Waals surface area (Å²) in [7, 11) is 0. The van der Waals surface area contributed by atoms with E-state index in [0.717, 1.165) is 11.0 Å². The van der Waals surface area contributed by atoms with Crippen molar-refractivity contribution in [3.05, 3.63) is 86.5 Å². The highest BCUT2D eigenvalue weighted by molar-refractivity contribution is 6.24. The van der Waals surface area contributed by atoms with Crippen LogP contribution in [0.3, 0.4) is 0 Å². The highest BCUT2D eigenvalue weighted by atomic mass is 16.6. The smallest absolute Gasteiger partial charge is 0.270 e. The first kappa shape index (κ1) is 21.1. The Morgan fingerprint density at radius 2 is 1.59 bits per heavy atom. The number of fused-ring (bicyclic) bond motifs is 3. The summed E-state index contributed by atoms with van der Waals surface area (Å²) in [4.78, 5) is 62.2. The summed E-state index contributed by atoms with van der Waals surface area (Å²) in [5.74, 6) is -3.75. The van der Waals surface area contributed by atoms with E-state index in [0.29, 0.717) is 0 Å².